The van der Waals surface area contributed by atoms with Crippen LogP contribution in [0.5, 0.6) is 0 Å². The second kappa shape index (κ2) is 3.12. The smallest absolute Gasteiger partial charge is 0.171 e. The van der Waals surface area contributed by atoms with Crippen molar-refractivity contribution in [2.45, 2.75) is 26.2 Å². The Bertz CT molecular complexity index is 74.9. The highest BCUT2D eigenvalue weighted by molar-refractivity contribution is 4.57. The Kier molecular flexibility index (Phi) is 3.82. The lowest BCUT2D eigenvalue weighted by Crippen LogP contribution is -2.20. The standard InChI is InChI=1S/C3H2F6.CH4/c4-2(5,6)1-3(7,8)9;/h1H2;1H4. The molecule has 0 saturated carbocycles. The van der Waals surface area contributed by atoms with Gasteiger partial charge in [-0.3, -0.25) is 0 Å². The van der Waals surface area contributed by atoms with Crippen molar-refractivity contribution in [2.24, 2.45) is 0 Å². The molecular formula is C4H6F6. The van der Waals surface area contributed by atoms with Gasteiger partial charge < -0.3 is 0 Å². The van der Waals surface area contributed by atoms with Crippen molar-refractivity contribution in [3.05, 3.63) is 0 Å². The molecule has 0 N–H and O–H groups in total. The quantitative estimate of drug-likeness (QED) is 0.487. The molecular weight excluding hydrogens is 162 g/mol. The molecule has 0 radical (unpaired) electrons. The van der Waals surface area contributed by atoms with Crippen molar-refractivity contribution in [2.75, 3.05) is 0 Å². The first-order chi connectivity index (χ1) is 3.71. The minimum atomic E-state index is -5.14. The molecule has 10 heavy (non-hydrogen) atoms. The van der Waals surface area contributed by atoms with E-state index in [9.17, 15) is 26.3 Å². The molecule has 0 aromatic carbocycles. The van der Waals surface area contributed by atoms with Crippen molar-refractivity contribution in [1.29, 1.82) is 0 Å². The molecule has 0 aliphatic heterocycles. The first-order valence-electron chi connectivity index (χ1n) is 1.84. The Balaban J connectivity index is 0. The van der Waals surface area contributed by atoms with Gasteiger partial charge in [0, 0.05) is 0 Å². The van der Waals surface area contributed by atoms with Crippen LogP contribution in [0.1, 0.15) is 13.8 Å². The fourth-order valence-electron chi connectivity index (χ4n) is 0.227. The highest BCUT2D eigenvalue weighted by Crippen LogP contribution is 2.31. The fourth-order valence-corrected chi connectivity index (χ4v) is 0.227. The first kappa shape index (κ1) is 12.3. The molecule has 0 atom stereocenters. The van der Waals surface area contributed by atoms with Crippen LogP contribution in [-0.2, 0) is 0 Å². The Morgan fingerprint density at radius 1 is 0.700 bits per heavy atom. The van der Waals surface area contributed by atoms with E-state index in [0.29, 0.717) is 0 Å². The Morgan fingerprint density at radius 3 is 0.900 bits per heavy atom. The summed E-state index contributed by atoms with van der Waals surface area (Å²) >= 11 is 0. The summed E-state index contributed by atoms with van der Waals surface area (Å²) < 4.78 is 65.0. The summed E-state index contributed by atoms with van der Waals surface area (Å²) in [4.78, 5) is 0. The number of halogens is 6. The normalized spacial score (nSPS) is 12.6. The zero-order valence-electron chi connectivity index (χ0n) is 3.97. The molecule has 0 nitrogen and oxygen atoms in total. The average Bonchev–Trinajstić information content (AvgIpc) is 1.14. The maximum atomic E-state index is 10.8. The second-order valence-corrected chi connectivity index (χ2v) is 1.41. The van der Waals surface area contributed by atoms with E-state index in [-0.39, 0.29) is 7.43 Å². The van der Waals surface area contributed by atoms with Crippen LogP contribution in [0.15, 0.2) is 0 Å². The van der Waals surface area contributed by atoms with Gasteiger partial charge in [0.1, 0.15) is 6.42 Å². The average molecular weight is 168 g/mol. The van der Waals surface area contributed by atoms with E-state index in [1.165, 1.54) is 0 Å². The van der Waals surface area contributed by atoms with Crippen LogP contribution in [0, 0.1) is 0 Å². The SMILES string of the molecule is C.FC(F)(F)CC(F)(F)F. The molecule has 0 spiro atoms. The highest BCUT2D eigenvalue weighted by Gasteiger charge is 2.43. The number of hydrogen-bond acceptors (Lipinski definition) is 0. The number of hydrogen-bond donors (Lipinski definition) is 0. The van der Waals surface area contributed by atoms with Gasteiger partial charge in [-0.2, -0.15) is 26.3 Å². The summed E-state index contributed by atoms with van der Waals surface area (Å²) in [5, 5.41) is 0. The summed E-state index contributed by atoms with van der Waals surface area (Å²) in [6.07, 6.45) is -13.0. The summed E-state index contributed by atoms with van der Waals surface area (Å²) in [5.41, 5.74) is 0. The summed E-state index contributed by atoms with van der Waals surface area (Å²) in [7, 11) is 0. The summed E-state index contributed by atoms with van der Waals surface area (Å²) in [6.45, 7) is 0. The molecule has 0 unspecified atom stereocenters. The van der Waals surface area contributed by atoms with Crippen molar-refractivity contribution in [1.82, 2.24) is 0 Å². The fraction of sp³-hybridized carbons (Fsp3) is 1.00. The van der Waals surface area contributed by atoms with E-state index < -0.39 is 18.8 Å². The topological polar surface area (TPSA) is 0 Å². The molecule has 0 aromatic heterocycles. The lowest BCUT2D eigenvalue weighted by atomic mass is 10.4. The predicted octanol–water partition coefficient (Wildman–Crippen LogP) is 3.14. The molecule has 0 amide bonds. The Labute approximate surface area is 53.8 Å². The maximum absolute atomic E-state index is 10.8. The van der Waals surface area contributed by atoms with Gasteiger partial charge in [-0.1, -0.05) is 7.43 Å². The molecule has 0 aliphatic carbocycles. The Hall–Kier alpha value is -0.420. The Morgan fingerprint density at radius 2 is 0.900 bits per heavy atom. The first-order valence-corrected chi connectivity index (χ1v) is 1.84. The lowest BCUT2D eigenvalue weighted by molar-refractivity contribution is -0.232. The molecule has 6 heteroatoms. The minimum absolute atomic E-state index is 0. The van der Waals surface area contributed by atoms with Crippen molar-refractivity contribution in [3.8, 4) is 0 Å². The molecule has 0 rings (SSSR count). The van der Waals surface area contributed by atoms with Gasteiger partial charge >= 0.3 is 12.4 Å². The van der Waals surface area contributed by atoms with Crippen LogP contribution < -0.4 is 0 Å². The number of alkyl halides is 6. The van der Waals surface area contributed by atoms with E-state index in [0.717, 1.165) is 0 Å². The van der Waals surface area contributed by atoms with Crippen LogP contribution in [-0.4, -0.2) is 12.4 Å². The van der Waals surface area contributed by atoms with Crippen molar-refractivity contribution in [3.63, 3.8) is 0 Å². The van der Waals surface area contributed by atoms with Gasteiger partial charge in [0.15, 0.2) is 0 Å². The highest BCUT2D eigenvalue weighted by atomic mass is 19.4. The minimum Gasteiger partial charge on any atom is -0.171 e. The van der Waals surface area contributed by atoms with E-state index >= 15 is 0 Å². The largest absolute Gasteiger partial charge is 0.397 e. The second-order valence-electron chi connectivity index (χ2n) is 1.41. The lowest BCUT2D eigenvalue weighted by Gasteiger charge is -2.08. The molecule has 0 aromatic rings. The van der Waals surface area contributed by atoms with Crippen LogP contribution in [0.2, 0.25) is 0 Å². The van der Waals surface area contributed by atoms with E-state index in [4.69, 9.17) is 0 Å². The monoisotopic (exact) mass is 168 g/mol. The van der Waals surface area contributed by atoms with Crippen molar-refractivity contribution >= 4 is 0 Å². The third kappa shape index (κ3) is 10.5. The predicted molar refractivity (Wildman–Crippen MR) is 23.5 cm³/mol. The van der Waals surface area contributed by atoms with Crippen LogP contribution in [0.3, 0.4) is 0 Å². The van der Waals surface area contributed by atoms with Gasteiger partial charge in [-0.25, -0.2) is 0 Å². The molecule has 0 saturated heterocycles. The van der Waals surface area contributed by atoms with Gasteiger partial charge in [0.05, 0.1) is 0 Å². The molecule has 0 heterocycles. The molecule has 0 bridgehead atoms. The number of rotatable bonds is 0. The van der Waals surface area contributed by atoms with Gasteiger partial charge in [0.25, 0.3) is 0 Å². The van der Waals surface area contributed by atoms with E-state index in [2.05, 4.69) is 0 Å². The third-order valence-corrected chi connectivity index (χ3v) is 0.401. The zero-order chi connectivity index (χ0) is 7.71. The van der Waals surface area contributed by atoms with Crippen molar-refractivity contribution < 1.29 is 26.3 Å². The summed E-state index contributed by atoms with van der Waals surface area (Å²) in [5.74, 6) is 0. The van der Waals surface area contributed by atoms with Crippen LogP contribution >= 0.6 is 0 Å². The molecule has 0 fully saturated rings. The summed E-state index contributed by atoms with van der Waals surface area (Å²) in [6, 6.07) is 0. The maximum Gasteiger partial charge on any atom is 0.397 e. The molecule has 0 aliphatic rings. The van der Waals surface area contributed by atoms with Gasteiger partial charge in [0.2, 0.25) is 0 Å². The van der Waals surface area contributed by atoms with E-state index in [1.807, 2.05) is 0 Å². The van der Waals surface area contributed by atoms with Crippen LogP contribution in [0.4, 0.5) is 26.3 Å². The van der Waals surface area contributed by atoms with Gasteiger partial charge in [-0.05, 0) is 0 Å². The third-order valence-electron chi connectivity index (χ3n) is 0.401. The van der Waals surface area contributed by atoms with Gasteiger partial charge in [-0.15, -0.1) is 0 Å². The molecule has 64 valence electrons. The van der Waals surface area contributed by atoms with Crippen LogP contribution in [0.25, 0.3) is 0 Å². The zero-order valence-corrected chi connectivity index (χ0v) is 3.97. The van der Waals surface area contributed by atoms with E-state index in [1.54, 1.807) is 0 Å².